The van der Waals surface area contributed by atoms with Crippen molar-refractivity contribution in [1.29, 1.82) is 0 Å². The van der Waals surface area contributed by atoms with E-state index in [1.54, 1.807) is 47.4 Å². The molecular formula is C19H19ClN4O4S. The minimum absolute atomic E-state index is 0.108. The summed E-state index contributed by atoms with van der Waals surface area (Å²) in [4.78, 5) is 26.6. The van der Waals surface area contributed by atoms with Crippen molar-refractivity contribution in [2.45, 2.75) is 6.42 Å². The molecule has 0 aliphatic carbocycles. The Bertz CT molecular complexity index is 1100. The first kappa shape index (κ1) is 19.5. The maximum atomic E-state index is 12.7. The van der Waals surface area contributed by atoms with Gasteiger partial charge in [-0.15, -0.1) is 0 Å². The predicted molar refractivity (Wildman–Crippen MR) is 113 cm³/mol. The Kier molecular flexibility index (Phi) is 4.66. The fourth-order valence-electron chi connectivity index (χ4n) is 3.55. The van der Waals surface area contributed by atoms with Gasteiger partial charge >= 0.3 is 10.2 Å². The fourth-order valence-corrected chi connectivity index (χ4v) is 4.84. The largest absolute Gasteiger partial charge is 0.326 e. The van der Waals surface area contributed by atoms with E-state index in [-0.39, 0.29) is 24.8 Å². The molecule has 1 N–H and O–H groups in total. The van der Waals surface area contributed by atoms with Crippen molar-refractivity contribution in [2.75, 3.05) is 39.5 Å². The standard InChI is InChI=1S/C19H19ClN4O4S/c1-22-16-8-5-14(10-17(16)23(2)29(22,27)28)21-19(26)12-9-18(25)24(11-12)15-6-3-13(20)4-7-15/h3-8,10,12H,9,11H2,1-2H3,(H,21,26)/t12-/m0/s1. The maximum absolute atomic E-state index is 12.7. The van der Waals surface area contributed by atoms with E-state index < -0.39 is 16.1 Å². The molecule has 2 aliphatic heterocycles. The molecule has 1 fully saturated rings. The number of anilines is 4. The highest BCUT2D eigenvalue weighted by Crippen LogP contribution is 2.40. The lowest BCUT2D eigenvalue weighted by Crippen LogP contribution is -2.32. The molecule has 2 aromatic rings. The molecule has 29 heavy (non-hydrogen) atoms. The predicted octanol–water partition coefficient (Wildman–Crippen LogP) is 2.46. The number of nitrogens with one attached hydrogen (secondary N) is 1. The number of halogens is 1. The number of hydrogen-bond acceptors (Lipinski definition) is 4. The van der Waals surface area contributed by atoms with Crippen LogP contribution in [-0.4, -0.2) is 40.9 Å². The summed E-state index contributed by atoms with van der Waals surface area (Å²) in [6.45, 7) is 0.272. The van der Waals surface area contributed by atoms with E-state index in [1.807, 2.05) is 0 Å². The van der Waals surface area contributed by atoms with Gasteiger partial charge in [0.1, 0.15) is 0 Å². The van der Waals surface area contributed by atoms with Crippen LogP contribution in [0.1, 0.15) is 6.42 Å². The average molecular weight is 435 g/mol. The number of benzene rings is 2. The van der Waals surface area contributed by atoms with Crippen molar-refractivity contribution in [2.24, 2.45) is 5.92 Å². The molecule has 1 saturated heterocycles. The molecule has 2 amide bonds. The summed E-state index contributed by atoms with van der Waals surface area (Å²) >= 11 is 5.89. The summed E-state index contributed by atoms with van der Waals surface area (Å²) in [5.41, 5.74) is 2.19. The van der Waals surface area contributed by atoms with Crippen molar-refractivity contribution in [3.63, 3.8) is 0 Å². The Balaban J connectivity index is 1.49. The van der Waals surface area contributed by atoms with E-state index in [0.717, 1.165) is 0 Å². The fraction of sp³-hybridized carbons (Fsp3) is 0.263. The van der Waals surface area contributed by atoms with Crippen LogP contribution in [0.5, 0.6) is 0 Å². The molecule has 2 aromatic carbocycles. The molecule has 0 aromatic heterocycles. The Hall–Kier alpha value is -2.78. The molecule has 4 rings (SSSR count). The van der Waals surface area contributed by atoms with Crippen LogP contribution in [0.4, 0.5) is 22.7 Å². The van der Waals surface area contributed by atoms with Gasteiger partial charge in [-0.3, -0.25) is 18.2 Å². The third-order valence-electron chi connectivity index (χ3n) is 5.25. The van der Waals surface area contributed by atoms with E-state index in [0.29, 0.717) is 27.8 Å². The quantitative estimate of drug-likeness (QED) is 0.803. The van der Waals surface area contributed by atoms with Gasteiger partial charge in [0, 0.05) is 43.5 Å². The number of hydrogen-bond donors (Lipinski definition) is 1. The molecule has 2 heterocycles. The molecule has 0 saturated carbocycles. The third kappa shape index (κ3) is 3.30. The highest BCUT2D eigenvalue weighted by molar-refractivity contribution is 7.94. The van der Waals surface area contributed by atoms with Crippen LogP contribution in [0.15, 0.2) is 42.5 Å². The maximum Gasteiger partial charge on any atom is 0.326 e. The zero-order chi connectivity index (χ0) is 20.9. The van der Waals surface area contributed by atoms with Gasteiger partial charge in [-0.2, -0.15) is 8.42 Å². The van der Waals surface area contributed by atoms with E-state index >= 15 is 0 Å². The van der Waals surface area contributed by atoms with Crippen LogP contribution in [0.3, 0.4) is 0 Å². The summed E-state index contributed by atoms with van der Waals surface area (Å²) in [5.74, 6) is -0.920. The molecule has 0 unspecified atom stereocenters. The Labute approximate surface area is 173 Å². The summed E-state index contributed by atoms with van der Waals surface area (Å²) in [6, 6.07) is 11.8. The van der Waals surface area contributed by atoms with Crippen LogP contribution in [0, 0.1) is 5.92 Å². The van der Waals surface area contributed by atoms with Gasteiger partial charge in [-0.25, -0.2) is 0 Å². The molecule has 0 spiro atoms. The highest BCUT2D eigenvalue weighted by atomic mass is 35.5. The molecule has 10 heteroatoms. The lowest BCUT2D eigenvalue weighted by molar-refractivity contribution is -0.122. The zero-order valence-corrected chi connectivity index (χ0v) is 17.4. The number of carbonyl (C=O) groups is 2. The van der Waals surface area contributed by atoms with Crippen molar-refractivity contribution in [3.8, 4) is 0 Å². The SMILES string of the molecule is CN1c2ccc(NC(=O)[C@H]3CC(=O)N(c4ccc(Cl)cc4)C3)cc2N(C)S1(=O)=O. The number of rotatable bonds is 3. The molecule has 1 atom stereocenters. The van der Waals surface area contributed by atoms with Crippen LogP contribution < -0.4 is 18.8 Å². The van der Waals surface area contributed by atoms with Gasteiger partial charge in [-0.05, 0) is 42.5 Å². The van der Waals surface area contributed by atoms with Crippen molar-refractivity contribution >= 4 is 56.4 Å². The van der Waals surface area contributed by atoms with E-state index in [9.17, 15) is 18.0 Å². The van der Waals surface area contributed by atoms with Crippen LogP contribution >= 0.6 is 11.6 Å². The van der Waals surface area contributed by atoms with Crippen molar-refractivity contribution in [1.82, 2.24) is 0 Å². The Morgan fingerprint density at radius 1 is 1.07 bits per heavy atom. The second-order valence-corrected chi connectivity index (χ2v) is 9.44. The minimum atomic E-state index is -3.58. The number of nitrogens with zero attached hydrogens (tertiary/aromatic N) is 3. The molecule has 8 nitrogen and oxygen atoms in total. The van der Waals surface area contributed by atoms with Gasteiger partial charge in [0.05, 0.1) is 17.3 Å². The first-order valence-corrected chi connectivity index (χ1v) is 10.7. The van der Waals surface area contributed by atoms with Gasteiger partial charge < -0.3 is 10.2 Å². The van der Waals surface area contributed by atoms with E-state index in [1.165, 1.54) is 22.7 Å². The highest BCUT2D eigenvalue weighted by Gasteiger charge is 2.37. The monoisotopic (exact) mass is 434 g/mol. The molecule has 0 bridgehead atoms. The smallest absolute Gasteiger partial charge is 0.326 e. The Morgan fingerprint density at radius 2 is 1.72 bits per heavy atom. The molecular weight excluding hydrogens is 416 g/mol. The van der Waals surface area contributed by atoms with Gasteiger partial charge in [0.15, 0.2) is 0 Å². The first-order valence-electron chi connectivity index (χ1n) is 8.92. The molecule has 0 radical (unpaired) electrons. The lowest BCUT2D eigenvalue weighted by atomic mass is 10.1. The summed E-state index contributed by atoms with van der Waals surface area (Å²) < 4.78 is 26.8. The number of carbonyl (C=O) groups excluding carboxylic acids is 2. The van der Waals surface area contributed by atoms with Crippen molar-refractivity contribution < 1.29 is 18.0 Å². The van der Waals surface area contributed by atoms with E-state index in [4.69, 9.17) is 11.6 Å². The average Bonchev–Trinajstić information content (AvgIpc) is 3.15. The third-order valence-corrected chi connectivity index (χ3v) is 7.28. The molecule has 152 valence electrons. The van der Waals surface area contributed by atoms with E-state index in [2.05, 4.69) is 5.32 Å². The Morgan fingerprint density at radius 3 is 2.41 bits per heavy atom. The summed E-state index contributed by atoms with van der Waals surface area (Å²) in [7, 11) is -0.640. The summed E-state index contributed by atoms with van der Waals surface area (Å²) in [6.07, 6.45) is 0.108. The van der Waals surface area contributed by atoms with Crippen LogP contribution in [-0.2, 0) is 19.8 Å². The van der Waals surface area contributed by atoms with Gasteiger partial charge in [-0.1, -0.05) is 11.6 Å². The van der Waals surface area contributed by atoms with Crippen LogP contribution in [0.2, 0.25) is 5.02 Å². The minimum Gasteiger partial charge on any atom is -0.326 e. The van der Waals surface area contributed by atoms with Crippen LogP contribution in [0.25, 0.3) is 0 Å². The van der Waals surface area contributed by atoms with Crippen molar-refractivity contribution in [3.05, 3.63) is 47.5 Å². The van der Waals surface area contributed by atoms with Gasteiger partial charge in [0.2, 0.25) is 11.8 Å². The lowest BCUT2D eigenvalue weighted by Gasteiger charge is -2.17. The first-order chi connectivity index (χ1) is 13.7. The number of fused-ring (bicyclic) bond motifs is 1. The second-order valence-electron chi connectivity index (χ2n) is 7.02. The summed E-state index contributed by atoms with van der Waals surface area (Å²) in [5, 5.41) is 3.37. The zero-order valence-electron chi connectivity index (χ0n) is 15.8. The molecule has 2 aliphatic rings. The normalized spacial score (nSPS) is 20.2. The topological polar surface area (TPSA) is 90.0 Å². The second kappa shape index (κ2) is 6.93. The van der Waals surface area contributed by atoms with Gasteiger partial charge in [0.25, 0.3) is 0 Å². The number of amides is 2.